The number of nitrogens with two attached hydrogens (primary N) is 1. The van der Waals surface area contributed by atoms with Crippen LogP contribution in [0.2, 0.25) is 0 Å². The molecule has 3 amide bonds. The molecule has 1 heterocycles. The van der Waals surface area contributed by atoms with Gasteiger partial charge in [-0.2, -0.15) is 12.6 Å². The fourth-order valence-corrected chi connectivity index (χ4v) is 4.71. The lowest BCUT2D eigenvalue weighted by Gasteiger charge is -2.30. The summed E-state index contributed by atoms with van der Waals surface area (Å²) in [6, 6.07) is 18.9. The van der Waals surface area contributed by atoms with E-state index >= 15 is 0 Å². The number of hydrogen-bond acceptors (Lipinski definition) is 7. The summed E-state index contributed by atoms with van der Waals surface area (Å²) in [7, 11) is 1.40. The van der Waals surface area contributed by atoms with Gasteiger partial charge in [-0.3, -0.25) is 19.3 Å². The number of fused-ring (bicyclic) bond motifs is 1. The van der Waals surface area contributed by atoms with Crippen molar-refractivity contribution in [2.24, 2.45) is 10.7 Å². The van der Waals surface area contributed by atoms with Crippen molar-refractivity contribution in [2.75, 3.05) is 24.2 Å². The van der Waals surface area contributed by atoms with Gasteiger partial charge in [0.15, 0.2) is 0 Å². The van der Waals surface area contributed by atoms with Crippen molar-refractivity contribution in [2.45, 2.75) is 24.7 Å². The van der Waals surface area contributed by atoms with Gasteiger partial charge in [0.05, 0.1) is 17.4 Å². The van der Waals surface area contributed by atoms with Crippen molar-refractivity contribution in [3.63, 3.8) is 0 Å². The zero-order valence-corrected chi connectivity index (χ0v) is 23.6. The number of aliphatic carboxylic acids is 1. The minimum absolute atomic E-state index is 0.0380. The van der Waals surface area contributed by atoms with E-state index in [1.807, 2.05) is 30.3 Å². The number of anilines is 1. The highest BCUT2D eigenvalue weighted by Crippen LogP contribution is 2.29. The molecule has 3 atom stereocenters. The number of para-hydroxylation sites is 1. The molecular formula is C30H30FN5O5S. The van der Waals surface area contributed by atoms with Crippen molar-refractivity contribution in [1.29, 1.82) is 0 Å². The second-order valence-corrected chi connectivity index (χ2v) is 10.1. The van der Waals surface area contributed by atoms with Crippen LogP contribution >= 0.6 is 12.6 Å². The second-order valence-electron chi connectivity index (χ2n) is 9.69. The maximum absolute atomic E-state index is 14.1. The molecule has 12 heteroatoms. The van der Waals surface area contributed by atoms with Gasteiger partial charge >= 0.3 is 5.97 Å². The highest BCUT2D eigenvalue weighted by atomic mass is 32.1. The van der Waals surface area contributed by atoms with Gasteiger partial charge in [0.2, 0.25) is 18.0 Å². The van der Waals surface area contributed by atoms with Crippen molar-refractivity contribution in [3.8, 4) is 0 Å². The molecule has 0 radical (unpaired) electrons. The minimum atomic E-state index is -1.38. The molecular weight excluding hydrogens is 561 g/mol. The number of carbonyl (C=O) groups excluding carboxylic acids is 3. The first-order valence-electron chi connectivity index (χ1n) is 13.0. The summed E-state index contributed by atoms with van der Waals surface area (Å²) in [6.07, 6.45) is -1.48. The molecule has 0 aliphatic carbocycles. The minimum Gasteiger partial charge on any atom is -0.480 e. The Labute approximate surface area is 247 Å². The lowest BCUT2D eigenvalue weighted by atomic mass is 10.0. The Morgan fingerprint density at radius 2 is 1.71 bits per heavy atom. The molecule has 1 aliphatic rings. The van der Waals surface area contributed by atoms with E-state index in [4.69, 9.17) is 10.7 Å². The first-order valence-corrected chi connectivity index (χ1v) is 13.7. The van der Waals surface area contributed by atoms with E-state index in [0.717, 1.165) is 4.90 Å². The maximum Gasteiger partial charge on any atom is 0.326 e. The topological polar surface area (TPSA) is 145 Å². The number of nitrogens with zero attached hydrogens (tertiary/aromatic N) is 3. The number of carboxylic acids is 1. The van der Waals surface area contributed by atoms with E-state index in [-0.39, 0.29) is 12.2 Å². The van der Waals surface area contributed by atoms with E-state index in [1.54, 1.807) is 24.3 Å². The number of halogens is 1. The zero-order valence-electron chi connectivity index (χ0n) is 22.7. The molecule has 42 heavy (non-hydrogen) atoms. The molecule has 4 rings (SSSR count). The first-order chi connectivity index (χ1) is 20.1. The van der Waals surface area contributed by atoms with Crippen LogP contribution < -0.4 is 16.0 Å². The molecule has 10 nitrogen and oxygen atoms in total. The van der Waals surface area contributed by atoms with Gasteiger partial charge in [0.1, 0.15) is 18.4 Å². The number of hydrogen-bond donors (Lipinski definition) is 4. The Morgan fingerprint density at radius 3 is 2.36 bits per heavy atom. The number of thiol groups is 1. The number of carbonyl (C=O) groups is 4. The average molecular weight is 592 g/mol. The summed E-state index contributed by atoms with van der Waals surface area (Å²) in [5, 5.41) is 12.2. The van der Waals surface area contributed by atoms with Crippen molar-refractivity contribution < 1.29 is 28.7 Å². The number of carboxylic acid groups (broad SMARTS) is 1. The average Bonchev–Trinajstić information content (AvgIpc) is 3.11. The quantitative estimate of drug-likeness (QED) is 0.265. The van der Waals surface area contributed by atoms with Gasteiger partial charge in [-0.05, 0) is 23.8 Å². The predicted octanol–water partition coefficient (Wildman–Crippen LogP) is 1.86. The molecule has 1 aliphatic heterocycles. The fourth-order valence-electron chi connectivity index (χ4n) is 4.56. The highest BCUT2D eigenvalue weighted by Gasteiger charge is 2.38. The Bertz CT molecular complexity index is 1500. The lowest BCUT2D eigenvalue weighted by molar-refractivity contribution is -0.141. The largest absolute Gasteiger partial charge is 0.480 e. The molecule has 0 bridgehead atoms. The molecule has 0 aromatic heterocycles. The normalized spacial score (nSPS) is 16.0. The number of benzene rings is 3. The predicted molar refractivity (Wildman–Crippen MR) is 159 cm³/mol. The summed E-state index contributed by atoms with van der Waals surface area (Å²) >= 11 is 4.10. The van der Waals surface area contributed by atoms with Gasteiger partial charge in [-0.25, -0.2) is 14.2 Å². The summed E-state index contributed by atoms with van der Waals surface area (Å²) < 4.78 is 13.3. The van der Waals surface area contributed by atoms with E-state index in [2.05, 4.69) is 17.9 Å². The van der Waals surface area contributed by atoms with Crippen LogP contribution in [0.25, 0.3) is 0 Å². The molecule has 3 aromatic carbocycles. The third-order valence-electron chi connectivity index (χ3n) is 6.75. The zero-order chi connectivity index (χ0) is 30.4. The van der Waals surface area contributed by atoms with Crippen molar-refractivity contribution in [3.05, 3.63) is 101 Å². The Kier molecular flexibility index (Phi) is 9.71. The summed E-state index contributed by atoms with van der Waals surface area (Å²) in [5.41, 5.74) is 8.42. The standard InChI is InChI=1S/C30H30FN5O5S/c1-35(28(38)22(32)17-42)27-29(39)36(16-25(37)33-23(30(40)41)15-18-11-13-20(31)14-12-18)24-10-6-5-9-21(24)26(34-27)19-7-3-2-4-8-19/h2-14,22-23,27,42H,15-17,32H2,1H3,(H,33,37)(H,40,41)/t22?,23-,27?/m0/s1. The Hall–Kier alpha value is -4.55. The first kappa shape index (κ1) is 30.4. The van der Waals surface area contributed by atoms with Crippen LogP contribution in [0.1, 0.15) is 16.7 Å². The smallest absolute Gasteiger partial charge is 0.326 e. The number of nitrogens with one attached hydrogen (secondary N) is 1. The summed E-state index contributed by atoms with van der Waals surface area (Å²) in [6.45, 7) is -0.558. The number of amides is 3. The van der Waals surface area contributed by atoms with Crippen LogP contribution in [0.15, 0.2) is 83.9 Å². The molecule has 0 saturated carbocycles. The van der Waals surface area contributed by atoms with Gasteiger partial charge in [-0.15, -0.1) is 0 Å². The van der Waals surface area contributed by atoms with E-state index in [1.165, 1.54) is 36.2 Å². The number of rotatable bonds is 10. The van der Waals surface area contributed by atoms with Crippen LogP contribution in [-0.2, 0) is 25.6 Å². The van der Waals surface area contributed by atoms with Crippen LogP contribution in [0.5, 0.6) is 0 Å². The SMILES string of the molecule is CN(C(=O)C(N)CS)C1N=C(c2ccccc2)c2ccccc2N(CC(=O)N[C@@H](Cc2ccc(F)cc2)C(=O)O)C1=O. The number of benzodiazepines with no additional fused rings is 1. The lowest BCUT2D eigenvalue weighted by Crippen LogP contribution is -2.55. The Balaban J connectivity index is 1.70. The number of aliphatic imine (C=N–C) groups is 1. The highest BCUT2D eigenvalue weighted by molar-refractivity contribution is 7.80. The monoisotopic (exact) mass is 591 g/mol. The third kappa shape index (κ3) is 6.84. The molecule has 2 unspecified atom stereocenters. The van der Waals surface area contributed by atoms with Crippen LogP contribution in [0, 0.1) is 5.82 Å². The second kappa shape index (κ2) is 13.4. The Morgan fingerprint density at radius 1 is 1.07 bits per heavy atom. The van der Waals surface area contributed by atoms with Crippen LogP contribution in [-0.4, -0.2) is 77.0 Å². The molecule has 0 fully saturated rings. The summed E-state index contributed by atoms with van der Waals surface area (Å²) in [4.78, 5) is 59.4. The van der Waals surface area contributed by atoms with E-state index in [9.17, 15) is 28.7 Å². The van der Waals surface area contributed by atoms with Crippen molar-refractivity contribution in [1.82, 2.24) is 10.2 Å². The third-order valence-corrected chi connectivity index (χ3v) is 7.15. The molecule has 0 saturated heterocycles. The van der Waals surface area contributed by atoms with E-state index < -0.39 is 54.3 Å². The van der Waals surface area contributed by atoms with Gasteiger partial charge in [0, 0.05) is 30.3 Å². The van der Waals surface area contributed by atoms with Crippen molar-refractivity contribution >= 4 is 47.7 Å². The summed E-state index contributed by atoms with van der Waals surface area (Å²) in [5.74, 6) is -3.74. The van der Waals surface area contributed by atoms with E-state index in [0.29, 0.717) is 28.1 Å². The molecule has 218 valence electrons. The number of likely N-dealkylation sites (N-methyl/N-ethyl adjacent to an activating group) is 1. The van der Waals surface area contributed by atoms with Crippen LogP contribution in [0.3, 0.4) is 0 Å². The molecule has 3 aromatic rings. The molecule has 4 N–H and O–H groups in total. The fraction of sp³-hybridized carbons (Fsp3) is 0.233. The molecule has 0 spiro atoms. The van der Waals surface area contributed by atoms with Gasteiger partial charge in [0.25, 0.3) is 5.91 Å². The maximum atomic E-state index is 14.1. The van der Waals surface area contributed by atoms with Gasteiger partial charge < -0.3 is 21.1 Å². The van der Waals surface area contributed by atoms with Crippen LogP contribution in [0.4, 0.5) is 10.1 Å². The van der Waals surface area contributed by atoms with Gasteiger partial charge in [-0.1, -0.05) is 60.7 Å².